The lowest BCUT2D eigenvalue weighted by atomic mass is 9.87. The molecule has 0 radical (unpaired) electrons. The molecule has 0 bridgehead atoms. The zero-order valence-corrected chi connectivity index (χ0v) is 12.2. The minimum absolute atomic E-state index is 0.0255. The van der Waals surface area contributed by atoms with E-state index in [1.807, 2.05) is 13.8 Å². The molecule has 18 heavy (non-hydrogen) atoms. The van der Waals surface area contributed by atoms with Gasteiger partial charge in [0.2, 0.25) is 0 Å². The molecule has 0 aromatic rings. The molecule has 1 saturated carbocycles. The fourth-order valence-corrected chi connectivity index (χ4v) is 2.80. The maximum atomic E-state index is 12.0. The molecule has 2 unspecified atom stereocenters. The molecule has 0 aromatic heterocycles. The van der Waals surface area contributed by atoms with Crippen LogP contribution in [0.15, 0.2) is 0 Å². The first-order chi connectivity index (χ1) is 8.33. The first-order valence-corrected chi connectivity index (χ1v) is 7.02. The number of carbonyl (C=O) groups is 1. The van der Waals surface area contributed by atoms with E-state index in [4.69, 9.17) is 0 Å². The van der Waals surface area contributed by atoms with Gasteiger partial charge in [-0.3, -0.25) is 0 Å². The molecule has 1 fully saturated rings. The molecular weight excluding hydrogens is 228 g/mol. The third kappa shape index (κ3) is 3.87. The van der Waals surface area contributed by atoms with Crippen molar-refractivity contribution in [2.45, 2.75) is 71.4 Å². The SMILES string of the molecule is CCCC(C)(CO)NC(=O)NC1CCCC1(C)C. The summed E-state index contributed by atoms with van der Waals surface area (Å²) in [6.07, 6.45) is 5.09. The summed E-state index contributed by atoms with van der Waals surface area (Å²) in [6.45, 7) is 8.30. The highest BCUT2D eigenvalue weighted by Gasteiger charge is 2.36. The summed E-state index contributed by atoms with van der Waals surface area (Å²) in [7, 11) is 0. The smallest absolute Gasteiger partial charge is 0.315 e. The van der Waals surface area contributed by atoms with Crippen LogP contribution in [0.2, 0.25) is 0 Å². The van der Waals surface area contributed by atoms with Gasteiger partial charge in [-0.2, -0.15) is 0 Å². The third-order valence-corrected chi connectivity index (χ3v) is 4.13. The lowest BCUT2D eigenvalue weighted by Gasteiger charge is -2.32. The maximum absolute atomic E-state index is 12.0. The summed E-state index contributed by atoms with van der Waals surface area (Å²) in [5.74, 6) is 0. The van der Waals surface area contributed by atoms with Crippen molar-refractivity contribution < 1.29 is 9.90 Å². The van der Waals surface area contributed by atoms with Gasteiger partial charge in [0.1, 0.15) is 0 Å². The van der Waals surface area contributed by atoms with Crippen LogP contribution in [0.1, 0.15) is 59.8 Å². The van der Waals surface area contributed by atoms with Crippen molar-refractivity contribution in [2.24, 2.45) is 5.41 Å². The third-order valence-electron chi connectivity index (χ3n) is 4.13. The Morgan fingerprint density at radius 2 is 2.17 bits per heavy atom. The van der Waals surface area contributed by atoms with Crippen LogP contribution in [0.5, 0.6) is 0 Å². The molecule has 4 nitrogen and oxygen atoms in total. The molecule has 1 aliphatic carbocycles. The quantitative estimate of drug-likeness (QED) is 0.707. The zero-order chi connectivity index (χ0) is 13.8. The van der Waals surface area contributed by atoms with E-state index >= 15 is 0 Å². The minimum Gasteiger partial charge on any atom is -0.394 e. The summed E-state index contributed by atoms with van der Waals surface area (Å²) in [6, 6.07) is 0.0852. The van der Waals surface area contributed by atoms with Crippen molar-refractivity contribution in [3.05, 3.63) is 0 Å². The van der Waals surface area contributed by atoms with E-state index in [1.54, 1.807) is 0 Å². The van der Waals surface area contributed by atoms with Gasteiger partial charge >= 0.3 is 6.03 Å². The summed E-state index contributed by atoms with van der Waals surface area (Å²) in [5, 5.41) is 15.4. The highest BCUT2D eigenvalue weighted by Crippen LogP contribution is 2.37. The largest absolute Gasteiger partial charge is 0.394 e. The number of hydrogen-bond donors (Lipinski definition) is 3. The molecule has 106 valence electrons. The molecule has 3 N–H and O–H groups in total. The number of amides is 2. The standard InChI is InChI=1S/C14H28N2O2/c1-5-8-14(4,10-17)16-12(18)15-11-7-6-9-13(11,2)3/h11,17H,5-10H2,1-4H3,(H2,15,16,18). The van der Waals surface area contributed by atoms with Gasteiger partial charge in [-0.25, -0.2) is 4.79 Å². The maximum Gasteiger partial charge on any atom is 0.315 e. The Morgan fingerprint density at radius 3 is 2.61 bits per heavy atom. The minimum atomic E-state index is -0.512. The van der Waals surface area contributed by atoms with Crippen LogP contribution >= 0.6 is 0 Å². The molecule has 0 aliphatic heterocycles. The Bertz CT molecular complexity index is 292. The van der Waals surface area contributed by atoms with Crippen molar-refractivity contribution in [3.63, 3.8) is 0 Å². The molecule has 0 heterocycles. The predicted molar refractivity (Wildman–Crippen MR) is 73.5 cm³/mol. The van der Waals surface area contributed by atoms with E-state index in [1.165, 1.54) is 6.42 Å². The van der Waals surface area contributed by atoms with Crippen LogP contribution in [-0.4, -0.2) is 29.3 Å². The average Bonchev–Trinajstić information content (AvgIpc) is 2.58. The summed E-state index contributed by atoms with van der Waals surface area (Å²) in [4.78, 5) is 12.0. The number of carbonyl (C=O) groups excluding carboxylic acids is 1. The topological polar surface area (TPSA) is 61.4 Å². The van der Waals surface area contributed by atoms with Crippen LogP contribution in [-0.2, 0) is 0 Å². The van der Waals surface area contributed by atoms with Crippen molar-refractivity contribution in [2.75, 3.05) is 6.61 Å². The Balaban J connectivity index is 2.51. The number of aliphatic hydroxyl groups excluding tert-OH is 1. The fourth-order valence-electron chi connectivity index (χ4n) is 2.80. The van der Waals surface area contributed by atoms with Gasteiger partial charge in [0, 0.05) is 6.04 Å². The summed E-state index contributed by atoms with van der Waals surface area (Å²) in [5.41, 5.74) is -0.334. The molecule has 2 atom stereocenters. The second-order valence-electron chi connectivity index (χ2n) is 6.50. The Hall–Kier alpha value is -0.770. The van der Waals surface area contributed by atoms with Gasteiger partial charge in [-0.05, 0) is 31.6 Å². The molecule has 0 aromatic carbocycles. The normalized spacial score (nSPS) is 25.5. The van der Waals surface area contributed by atoms with Gasteiger partial charge in [0.25, 0.3) is 0 Å². The number of nitrogens with one attached hydrogen (secondary N) is 2. The zero-order valence-electron chi connectivity index (χ0n) is 12.2. The summed E-state index contributed by atoms with van der Waals surface area (Å²) < 4.78 is 0. The molecular formula is C14H28N2O2. The van der Waals surface area contributed by atoms with E-state index in [-0.39, 0.29) is 24.1 Å². The van der Waals surface area contributed by atoms with E-state index in [0.29, 0.717) is 0 Å². The first-order valence-electron chi connectivity index (χ1n) is 7.02. The summed E-state index contributed by atoms with van der Waals surface area (Å²) >= 11 is 0. The second-order valence-corrected chi connectivity index (χ2v) is 6.50. The fraction of sp³-hybridized carbons (Fsp3) is 0.929. The van der Waals surface area contributed by atoms with E-state index in [0.717, 1.165) is 25.7 Å². The lowest BCUT2D eigenvalue weighted by molar-refractivity contribution is 0.159. The average molecular weight is 256 g/mol. The number of hydrogen-bond acceptors (Lipinski definition) is 2. The van der Waals surface area contributed by atoms with Gasteiger partial charge in [0.05, 0.1) is 12.1 Å². The Labute approximate surface area is 111 Å². The second kappa shape index (κ2) is 5.91. The van der Waals surface area contributed by atoms with Gasteiger partial charge in [0.15, 0.2) is 0 Å². The van der Waals surface area contributed by atoms with Gasteiger partial charge < -0.3 is 15.7 Å². The first kappa shape index (κ1) is 15.3. The number of urea groups is 1. The van der Waals surface area contributed by atoms with Crippen LogP contribution < -0.4 is 10.6 Å². The molecule has 1 aliphatic rings. The highest BCUT2D eigenvalue weighted by atomic mass is 16.3. The highest BCUT2D eigenvalue weighted by molar-refractivity contribution is 5.75. The number of aliphatic hydroxyl groups is 1. The number of rotatable bonds is 5. The van der Waals surface area contributed by atoms with E-state index in [9.17, 15) is 9.90 Å². The van der Waals surface area contributed by atoms with Crippen molar-refractivity contribution in [3.8, 4) is 0 Å². The molecule has 1 rings (SSSR count). The van der Waals surface area contributed by atoms with Crippen LogP contribution in [0.4, 0.5) is 4.79 Å². The van der Waals surface area contributed by atoms with Crippen molar-refractivity contribution in [1.82, 2.24) is 10.6 Å². The predicted octanol–water partition coefficient (Wildman–Crippen LogP) is 2.42. The molecule has 0 spiro atoms. The van der Waals surface area contributed by atoms with Gasteiger partial charge in [-0.15, -0.1) is 0 Å². The molecule has 4 heteroatoms. The van der Waals surface area contributed by atoms with E-state index < -0.39 is 5.54 Å². The van der Waals surface area contributed by atoms with E-state index in [2.05, 4.69) is 24.5 Å². The van der Waals surface area contributed by atoms with Crippen molar-refractivity contribution >= 4 is 6.03 Å². The lowest BCUT2D eigenvalue weighted by Crippen LogP contribution is -2.55. The Kier molecular flexibility index (Phi) is 5.02. The molecule has 2 amide bonds. The van der Waals surface area contributed by atoms with Crippen molar-refractivity contribution in [1.29, 1.82) is 0 Å². The van der Waals surface area contributed by atoms with Crippen LogP contribution in [0.25, 0.3) is 0 Å². The molecule has 0 saturated heterocycles. The van der Waals surface area contributed by atoms with Crippen LogP contribution in [0, 0.1) is 5.41 Å². The Morgan fingerprint density at radius 1 is 1.50 bits per heavy atom. The van der Waals surface area contributed by atoms with Gasteiger partial charge in [-0.1, -0.05) is 33.6 Å². The monoisotopic (exact) mass is 256 g/mol. The van der Waals surface area contributed by atoms with Crippen LogP contribution in [0.3, 0.4) is 0 Å².